The maximum atomic E-state index is 12.2. The lowest BCUT2D eigenvalue weighted by Gasteiger charge is -2.25. The monoisotopic (exact) mass is 336 g/mol. The maximum absolute atomic E-state index is 12.2. The topological polar surface area (TPSA) is 49.4 Å². The molecule has 5 heteroatoms. The molecule has 23 heavy (non-hydrogen) atoms. The molecule has 1 aromatic carbocycles. The Balaban J connectivity index is 1.81. The van der Waals surface area contributed by atoms with Crippen LogP contribution in [-0.2, 0) is 16.0 Å². The first-order valence-corrected chi connectivity index (χ1v) is 8.71. The molecular formula is C18H25ClN2O2. The van der Waals surface area contributed by atoms with Crippen LogP contribution in [0.4, 0.5) is 0 Å². The van der Waals surface area contributed by atoms with Crippen LogP contribution in [0.5, 0.6) is 0 Å². The summed E-state index contributed by atoms with van der Waals surface area (Å²) in [5.74, 6) is -0.124. The summed E-state index contributed by atoms with van der Waals surface area (Å²) in [7, 11) is 0. The number of hydrogen-bond donors (Lipinski definition) is 1. The van der Waals surface area contributed by atoms with Gasteiger partial charge in [0.15, 0.2) is 0 Å². The zero-order valence-corrected chi connectivity index (χ0v) is 14.4. The van der Waals surface area contributed by atoms with Gasteiger partial charge in [-0.15, -0.1) is 0 Å². The smallest absolute Gasteiger partial charge is 0.239 e. The summed E-state index contributed by atoms with van der Waals surface area (Å²) < 4.78 is 0. The minimum absolute atomic E-state index is 0.0526. The largest absolute Gasteiger partial charge is 0.352 e. The molecule has 0 heterocycles. The van der Waals surface area contributed by atoms with Gasteiger partial charge in [0.25, 0.3) is 0 Å². The number of carbonyl (C=O) groups is 2. The minimum Gasteiger partial charge on any atom is -0.352 e. The van der Waals surface area contributed by atoms with Crippen LogP contribution in [0.2, 0.25) is 5.02 Å². The Morgan fingerprint density at radius 2 is 1.83 bits per heavy atom. The average Bonchev–Trinajstić information content (AvgIpc) is 2.53. The Morgan fingerprint density at radius 1 is 1.17 bits per heavy atom. The highest BCUT2D eigenvalue weighted by Crippen LogP contribution is 2.17. The van der Waals surface area contributed by atoms with E-state index < -0.39 is 0 Å². The molecule has 2 rings (SSSR count). The molecule has 0 unspecified atom stereocenters. The van der Waals surface area contributed by atoms with Crippen molar-refractivity contribution in [1.82, 2.24) is 10.2 Å². The number of carbonyl (C=O) groups excluding carboxylic acids is 2. The van der Waals surface area contributed by atoms with Crippen molar-refractivity contribution >= 4 is 23.4 Å². The van der Waals surface area contributed by atoms with E-state index in [0.717, 1.165) is 18.4 Å². The summed E-state index contributed by atoms with van der Waals surface area (Å²) >= 11 is 5.87. The highest BCUT2D eigenvalue weighted by Gasteiger charge is 2.18. The van der Waals surface area contributed by atoms with Gasteiger partial charge in [0.2, 0.25) is 11.8 Å². The van der Waals surface area contributed by atoms with Gasteiger partial charge in [0.05, 0.1) is 6.54 Å². The lowest BCUT2D eigenvalue weighted by molar-refractivity contribution is -0.134. The molecule has 1 aliphatic carbocycles. The molecule has 0 aromatic heterocycles. The van der Waals surface area contributed by atoms with Crippen molar-refractivity contribution in [3.8, 4) is 0 Å². The molecular weight excluding hydrogens is 312 g/mol. The highest BCUT2D eigenvalue weighted by molar-refractivity contribution is 6.30. The van der Waals surface area contributed by atoms with Crippen LogP contribution in [0, 0.1) is 0 Å². The zero-order valence-electron chi connectivity index (χ0n) is 13.7. The van der Waals surface area contributed by atoms with Gasteiger partial charge in [-0.25, -0.2) is 0 Å². The number of nitrogens with one attached hydrogen (secondary N) is 1. The predicted octanol–water partition coefficient (Wildman–Crippen LogP) is 3.18. The Hall–Kier alpha value is -1.55. The van der Waals surface area contributed by atoms with Crippen molar-refractivity contribution in [2.45, 2.75) is 51.5 Å². The Labute approximate surface area is 143 Å². The van der Waals surface area contributed by atoms with Gasteiger partial charge in [-0.05, 0) is 37.0 Å². The second-order valence-electron chi connectivity index (χ2n) is 6.22. The number of rotatable bonds is 6. The molecule has 1 aromatic rings. The Bertz CT molecular complexity index is 524. The summed E-state index contributed by atoms with van der Waals surface area (Å²) in [6, 6.07) is 7.85. The molecule has 0 spiro atoms. The standard InChI is InChI=1S/C18H25ClN2O2/c1-14(22)21(12-11-15-7-9-16(19)10-8-15)13-18(23)20-17-5-3-2-4-6-17/h7-10,17H,2-6,11-13H2,1H3,(H,20,23). The first kappa shape index (κ1) is 17.8. The summed E-state index contributed by atoms with van der Waals surface area (Å²) in [6.45, 7) is 2.18. The fourth-order valence-electron chi connectivity index (χ4n) is 2.96. The van der Waals surface area contributed by atoms with Crippen molar-refractivity contribution in [3.63, 3.8) is 0 Å². The van der Waals surface area contributed by atoms with E-state index in [4.69, 9.17) is 11.6 Å². The van der Waals surface area contributed by atoms with Crippen molar-refractivity contribution in [3.05, 3.63) is 34.9 Å². The number of benzene rings is 1. The van der Waals surface area contributed by atoms with E-state index in [2.05, 4.69) is 5.32 Å². The minimum atomic E-state index is -0.0715. The van der Waals surface area contributed by atoms with Gasteiger partial charge in [-0.1, -0.05) is 43.0 Å². The van der Waals surface area contributed by atoms with Crippen LogP contribution < -0.4 is 5.32 Å². The number of amides is 2. The third-order valence-corrected chi connectivity index (χ3v) is 4.59. The van der Waals surface area contributed by atoms with Crippen LogP contribution in [0.15, 0.2) is 24.3 Å². The number of hydrogen-bond acceptors (Lipinski definition) is 2. The van der Waals surface area contributed by atoms with E-state index in [0.29, 0.717) is 18.0 Å². The van der Waals surface area contributed by atoms with Crippen LogP contribution in [0.1, 0.15) is 44.6 Å². The molecule has 1 N–H and O–H groups in total. The van der Waals surface area contributed by atoms with Gasteiger partial charge in [-0.3, -0.25) is 9.59 Å². The summed E-state index contributed by atoms with van der Waals surface area (Å²) in [6.07, 6.45) is 6.43. The van der Waals surface area contributed by atoms with Gasteiger partial charge < -0.3 is 10.2 Å². The van der Waals surface area contributed by atoms with Crippen molar-refractivity contribution in [1.29, 1.82) is 0 Å². The zero-order chi connectivity index (χ0) is 16.7. The lowest BCUT2D eigenvalue weighted by atomic mass is 9.95. The van der Waals surface area contributed by atoms with Crippen LogP contribution >= 0.6 is 11.6 Å². The van der Waals surface area contributed by atoms with E-state index in [1.54, 1.807) is 4.90 Å². The molecule has 4 nitrogen and oxygen atoms in total. The molecule has 1 fully saturated rings. The van der Waals surface area contributed by atoms with Gasteiger partial charge in [0, 0.05) is 24.5 Å². The molecule has 0 radical (unpaired) electrons. The summed E-state index contributed by atoms with van der Waals surface area (Å²) in [5.41, 5.74) is 1.10. The SMILES string of the molecule is CC(=O)N(CCc1ccc(Cl)cc1)CC(=O)NC1CCCCC1. The van der Waals surface area contributed by atoms with E-state index in [1.807, 2.05) is 24.3 Å². The molecule has 1 aliphatic rings. The second-order valence-corrected chi connectivity index (χ2v) is 6.66. The highest BCUT2D eigenvalue weighted by atomic mass is 35.5. The second kappa shape index (κ2) is 8.92. The molecule has 2 amide bonds. The quantitative estimate of drug-likeness (QED) is 0.867. The van der Waals surface area contributed by atoms with Crippen LogP contribution in [0.3, 0.4) is 0 Å². The Morgan fingerprint density at radius 3 is 2.43 bits per heavy atom. The van der Waals surface area contributed by atoms with Gasteiger partial charge >= 0.3 is 0 Å². The maximum Gasteiger partial charge on any atom is 0.239 e. The van der Waals surface area contributed by atoms with Gasteiger partial charge in [-0.2, -0.15) is 0 Å². The van der Waals surface area contributed by atoms with E-state index in [-0.39, 0.29) is 24.4 Å². The fraction of sp³-hybridized carbons (Fsp3) is 0.556. The van der Waals surface area contributed by atoms with Crippen molar-refractivity contribution in [2.75, 3.05) is 13.1 Å². The summed E-state index contributed by atoms with van der Waals surface area (Å²) in [5, 5.41) is 3.76. The van der Waals surface area contributed by atoms with Crippen LogP contribution in [0.25, 0.3) is 0 Å². The third-order valence-electron chi connectivity index (χ3n) is 4.33. The number of halogens is 1. The lowest BCUT2D eigenvalue weighted by Crippen LogP contribution is -2.44. The molecule has 0 atom stereocenters. The van der Waals surface area contributed by atoms with E-state index in [1.165, 1.54) is 26.2 Å². The summed E-state index contributed by atoms with van der Waals surface area (Å²) in [4.78, 5) is 25.5. The average molecular weight is 337 g/mol. The van der Waals surface area contributed by atoms with Crippen LogP contribution in [-0.4, -0.2) is 35.8 Å². The van der Waals surface area contributed by atoms with Crippen molar-refractivity contribution in [2.24, 2.45) is 0 Å². The van der Waals surface area contributed by atoms with E-state index in [9.17, 15) is 9.59 Å². The first-order chi connectivity index (χ1) is 11.0. The first-order valence-electron chi connectivity index (χ1n) is 8.34. The number of nitrogens with zero attached hydrogens (tertiary/aromatic N) is 1. The molecule has 1 saturated carbocycles. The van der Waals surface area contributed by atoms with Crippen molar-refractivity contribution < 1.29 is 9.59 Å². The predicted molar refractivity (Wildman–Crippen MR) is 92.4 cm³/mol. The Kier molecular flexibility index (Phi) is 6.90. The molecule has 0 aliphatic heterocycles. The van der Waals surface area contributed by atoms with E-state index >= 15 is 0 Å². The molecule has 0 saturated heterocycles. The van der Waals surface area contributed by atoms with Gasteiger partial charge in [0.1, 0.15) is 0 Å². The fourth-order valence-corrected chi connectivity index (χ4v) is 3.08. The third kappa shape index (κ3) is 6.22. The molecule has 126 valence electrons. The molecule has 0 bridgehead atoms. The normalized spacial score (nSPS) is 15.2.